The highest BCUT2D eigenvalue weighted by atomic mass is 35.5. The zero-order valence-corrected chi connectivity index (χ0v) is 15.4. The third-order valence-corrected chi connectivity index (χ3v) is 4.79. The van der Waals surface area contributed by atoms with E-state index in [2.05, 4.69) is 0 Å². The average Bonchev–Trinajstić information content (AvgIpc) is 2.67. The summed E-state index contributed by atoms with van der Waals surface area (Å²) in [6, 6.07) is 17.2. The molecule has 0 spiro atoms. The van der Waals surface area contributed by atoms with Gasteiger partial charge in [-0.2, -0.15) is 0 Å². The lowest BCUT2D eigenvalue weighted by Gasteiger charge is -2.10. The van der Waals surface area contributed by atoms with E-state index in [1.807, 2.05) is 30.3 Å². The normalized spacial score (nSPS) is 11.0. The number of fused-ring (bicyclic) bond motifs is 3. The lowest BCUT2D eigenvalue weighted by Crippen LogP contribution is -2.08. The van der Waals surface area contributed by atoms with Crippen molar-refractivity contribution in [2.45, 2.75) is 6.61 Å². The van der Waals surface area contributed by atoms with Gasteiger partial charge >= 0.3 is 11.6 Å². The maximum atomic E-state index is 12.4. The van der Waals surface area contributed by atoms with Crippen LogP contribution in [0.15, 0.2) is 69.9 Å². The summed E-state index contributed by atoms with van der Waals surface area (Å²) in [6.07, 6.45) is 0. The minimum Gasteiger partial charge on any atom is -0.457 e. The Balaban J connectivity index is 1.75. The summed E-state index contributed by atoms with van der Waals surface area (Å²) in [4.78, 5) is 24.3. The summed E-state index contributed by atoms with van der Waals surface area (Å²) in [5.74, 6) is -0.621. The Kier molecular flexibility index (Phi) is 4.60. The van der Waals surface area contributed by atoms with Crippen LogP contribution in [0.3, 0.4) is 0 Å². The van der Waals surface area contributed by atoms with Crippen LogP contribution >= 0.6 is 23.2 Å². The van der Waals surface area contributed by atoms with E-state index < -0.39 is 11.6 Å². The summed E-state index contributed by atoms with van der Waals surface area (Å²) in [7, 11) is 0. The van der Waals surface area contributed by atoms with Crippen molar-refractivity contribution in [3.8, 4) is 0 Å². The fraction of sp³-hybridized carbons (Fsp3) is 0.0476. The molecule has 0 amide bonds. The molecule has 0 fully saturated rings. The Morgan fingerprint density at radius 3 is 2.67 bits per heavy atom. The molecule has 134 valence electrons. The maximum Gasteiger partial charge on any atom is 0.340 e. The summed E-state index contributed by atoms with van der Waals surface area (Å²) < 4.78 is 10.7. The second-order valence-corrected chi connectivity index (χ2v) is 6.79. The average molecular weight is 399 g/mol. The molecule has 0 atom stereocenters. The van der Waals surface area contributed by atoms with Crippen LogP contribution in [0.2, 0.25) is 10.0 Å². The van der Waals surface area contributed by atoms with Gasteiger partial charge in [-0.1, -0.05) is 53.5 Å². The van der Waals surface area contributed by atoms with Gasteiger partial charge in [0.25, 0.3) is 0 Å². The molecule has 0 aliphatic carbocycles. The van der Waals surface area contributed by atoms with Gasteiger partial charge in [0, 0.05) is 22.0 Å². The van der Waals surface area contributed by atoms with E-state index in [1.54, 1.807) is 12.1 Å². The van der Waals surface area contributed by atoms with Crippen molar-refractivity contribution >= 4 is 50.9 Å². The largest absolute Gasteiger partial charge is 0.457 e. The highest BCUT2D eigenvalue weighted by Gasteiger charge is 2.15. The van der Waals surface area contributed by atoms with Gasteiger partial charge in [0.1, 0.15) is 12.2 Å². The lowest BCUT2D eigenvalue weighted by atomic mass is 10.0. The van der Waals surface area contributed by atoms with E-state index in [-0.39, 0.29) is 17.2 Å². The van der Waals surface area contributed by atoms with Crippen LogP contribution in [0.1, 0.15) is 15.9 Å². The molecule has 0 saturated heterocycles. The zero-order chi connectivity index (χ0) is 19.0. The number of carbonyl (C=O) groups excluding carboxylic acids is 1. The summed E-state index contributed by atoms with van der Waals surface area (Å²) in [5.41, 5.74) is 0.656. The minimum atomic E-state index is -0.621. The van der Waals surface area contributed by atoms with Crippen molar-refractivity contribution in [3.63, 3.8) is 0 Å². The molecule has 0 aliphatic rings. The van der Waals surface area contributed by atoms with Crippen molar-refractivity contribution in [2.75, 3.05) is 0 Å². The molecule has 6 heteroatoms. The first kappa shape index (κ1) is 17.6. The van der Waals surface area contributed by atoms with Crippen LogP contribution in [0, 0.1) is 0 Å². The van der Waals surface area contributed by atoms with Crippen LogP contribution in [-0.4, -0.2) is 5.97 Å². The molecule has 1 heterocycles. The van der Waals surface area contributed by atoms with Gasteiger partial charge in [0.2, 0.25) is 0 Å². The molecule has 1 aromatic heterocycles. The lowest BCUT2D eigenvalue weighted by molar-refractivity contribution is 0.0474. The van der Waals surface area contributed by atoms with E-state index in [9.17, 15) is 9.59 Å². The Labute approximate surface area is 163 Å². The Bertz CT molecular complexity index is 1240. The van der Waals surface area contributed by atoms with Crippen LogP contribution in [0.25, 0.3) is 21.7 Å². The highest BCUT2D eigenvalue weighted by Crippen LogP contribution is 2.28. The van der Waals surface area contributed by atoms with Gasteiger partial charge in [-0.05, 0) is 35.0 Å². The second kappa shape index (κ2) is 7.06. The van der Waals surface area contributed by atoms with Gasteiger partial charge in [0.15, 0.2) is 0 Å². The van der Waals surface area contributed by atoms with Crippen LogP contribution in [0.4, 0.5) is 0 Å². The molecular weight excluding hydrogens is 387 g/mol. The van der Waals surface area contributed by atoms with Gasteiger partial charge in [-0.3, -0.25) is 0 Å². The van der Waals surface area contributed by atoms with Gasteiger partial charge in [-0.25, -0.2) is 9.59 Å². The Morgan fingerprint density at radius 2 is 1.81 bits per heavy atom. The molecule has 4 aromatic rings. The monoisotopic (exact) mass is 398 g/mol. The SMILES string of the molecule is O=C(OCc1cc(=O)oc2ccc3ccccc3c12)c1cc(Cl)ccc1Cl. The summed E-state index contributed by atoms with van der Waals surface area (Å²) >= 11 is 12.0. The molecule has 3 aromatic carbocycles. The fourth-order valence-electron chi connectivity index (χ4n) is 3.01. The van der Waals surface area contributed by atoms with E-state index in [0.717, 1.165) is 16.2 Å². The number of hydrogen-bond acceptors (Lipinski definition) is 4. The third kappa shape index (κ3) is 3.42. The molecule has 27 heavy (non-hydrogen) atoms. The minimum absolute atomic E-state index is 0.0994. The number of carbonyl (C=O) groups is 1. The first-order valence-corrected chi connectivity index (χ1v) is 8.85. The molecule has 0 unspecified atom stereocenters. The number of ether oxygens (including phenoxy) is 1. The van der Waals surface area contributed by atoms with Crippen LogP contribution in [-0.2, 0) is 11.3 Å². The number of halogens is 2. The first-order valence-electron chi connectivity index (χ1n) is 8.09. The van der Waals surface area contributed by atoms with E-state index >= 15 is 0 Å². The zero-order valence-electron chi connectivity index (χ0n) is 13.9. The third-order valence-electron chi connectivity index (χ3n) is 4.22. The molecule has 0 bridgehead atoms. The van der Waals surface area contributed by atoms with Crippen LogP contribution < -0.4 is 5.63 Å². The smallest absolute Gasteiger partial charge is 0.340 e. The number of benzene rings is 3. The van der Waals surface area contributed by atoms with Gasteiger partial charge < -0.3 is 9.15 Å². The Morgan fingerprint density at radius 1 is 1.00 bits per heavy atom. The van der Waals surface area contributed by atoms with Crippen molar-refractivity contribution < 1.29 is 13.9 Å². The van der Waals surface area contributed by atoms with Crippen molar-refractivity contribution in [2.24, 2.45) is 0 Å². The molecule has 4 nitrogen and oxygen atoms in total. The Hall–Kier alpha value is -2.82. The molecule has 0 saturated carbocycles. The predicted molar refractivity (Wildman–Crippen MR) is 106 cm³/mol. The standard InChI is InChI=1S/C21H12Cl2O4/c22-14-6-7-17(23)16(10-14)21(25)26-11-13-9-19(24)27-18-8-5-12-3-1-2-4-15(12)20(13)18/h1-10H,11H2. The second-order valence-electron chi connectivity index (χ2n) is 5.95. The molecule has 0 N–H and O–H groups in total. The molecule has 0 aliphatic heterocycles. The van der Waals surface area contributed by atoms with Crippen LogP contribution in [0.5, 0.6) is 0 Å². The molecule has 0 radical (unpaired) electrons. The summed E-state index contributed by atoms with van der Waals surface area (Å²) in [6.45, 7) is -0.0994. The van der Waals surface area contributed by atoms with E-state index in [0.29, 0.717) is 16.2 Å². The first-order chi connectivity index (χ1) is 13.0. The fourth-order valence-corrected chi connectivity index (χ4v) is 3.38. The molecular formula is C21H12Cl2O4. The van der Waals surface area contributed by atoms with E-state index in [1.165, 1.54) is 18.2 Å². The number of hydrogen-bond donors (Lipinski definition) is 0. The molecule has 4 rings (SSSR count). The van der Waals surface area contributed by atoms with Crippen molar-refractivity contribution in [1.82, 2.24) is 0 Å². The predicted octanol–water partition coefficient (Wildman–Crippen LogP) is 5.61. The van der Waals surface area contributed by atoms with Gasteiger partial charge in [-0.15, -0.1) is 0 Å². The summed E-state index contributed by atoms with van der Waals surface area (Å²) in [5, 5.41) is 3.25. The number of esters is 1. The quantitative estimate of drug-likeness (QED) is 0.255. The number of rotatable bonds is 3. The highest BCUT2D eigenvalue weighted by molar-refractivity contribution is 6.35. The van der Waals surface area contributed by atoms with Crippen molar-refractivity contribution in [1.29, 1.82) is 0 Å². The van der Waals surface area contributed by atoms with E-state index in [4.69, 9.17) is 32.4 Å². The van der Waals surface area contributed by atoms with Crippen molar-refractivity contribution in [3.05, 3.63) is 92.3 Å². The maximum absolute atomic E-state index is 12.4. The van der Waals surface area contributed by atoms with Gasteiger partial charge in [0.05, 0.1) is 10.6 Å². The topological polar surface area (TPSA) is 56.5 Å².